The summed E-state index contributed by atoms with van der Waals surface area (Å²) in [6.07, 6.45) is 1.33. The number of H-pyrrole nitrogens is 1. The van der Waals surface area contributed by atoms with E-state index in [0.717, 1.165) is 22.0 Å². The van der Waals surface area contributed by atoms with Crippen molar-refractivity contribution in [3.05, 3.63) is 71.9 Å². The molecule has 0 bridgehead atoms. The molecule has 184 valence electrons. The zero-order valence-electron chi connectivity index (χ0n) is 18.9. The molecule has 0 spiro atoms. The van der Waals surface area contributed by atoms with Crippen molar-refractivity contribution in [2.24, 2.45) is 5.73 Å². The maximum Gasteiger partial charge on any atom is 0.326 e. The van der Waals surface area contributed by atoms with Crippen LogP contribution >= 0.6 is 0 Å². The number of aromatic amines is 1. The summed E-state index contributed by atoms with van der Waals surface area (Å²) in [5.41, 5.74) is 8.53. The monoisotopic (exact) mass is 480 g/mol. The van der Waals surface area contributed by atoms with Crippen LogP contribution in [0.5, 0.6) is 0 Å². The minimum atomic E-state index is -1.42. The number of amides is 2. The number of carbonyl (C=O) groups is 4. The molecule has 0 saturated carbocycles. The molecule has 1 heterocycles. The summed E-state index contributed by atoms with van der Waals surface area (Å²) in [5.74, 6) is -3.85. The fourth-order valence-electron chi connectivity index (χ4n) is 3.77. The minimum Gasteiger partial charge on any atom is -0.481 e. The Morgan fingerprint density at radius 2 is 1.51 bits per heavy atom. The van der Waals surface area contributed by atoms with Gasteiger partial charge in [-0.3, -0.25) is 14.4 Å². The first-order valence-electron chi connectivity index (χ1n) is 11.1. The number of benzene rings is 2. The molecule has 7 N–H and O–H groups in total. The lowest BCUT2D eigenvalue weighted by molar-refractivity contribution is -0.143. The molecule has 0 radical (unpaired) electrons. The van der Waals surface area contributed by atoms with Crippen LogP contribution in [-0.4, -0.2) is 57.1 Å². The summed E-state index contributed by atoms with van der Waals surface area (Å²) in [6, 6.07) is 13.1. The molecular weight excluding hydrogens is 452 g/mol. The Bertz CT molecular complexity index is 1190. The van der Waals surface area contributed by atoms with Crippen LogP contribution in [0.1, 0.15) is 24.0 Å². The van der Waals surface area contributed by atoms with E-state index in [9.17, 15) is 24.3 Å². The topological polar surface area (TPSA) is 175 Å². The van der Waals surface area contributed by atoms with E-state index in [1.807, 2.05) is 54.6 Å². The summed E-state index contributed by atoms with van der Waals surface area (Å²) in [5, 5.41) is 24.2. The van der Waals surface area contributed by atoms with Gasteiger partial charge in [-0.05, 0) is 30.0 Å². The van der Waals surface area contributed by atoms with Crippen LogP contribution in [0.15, 0.2) is 60.8 Å². The highest BCUT2D eigenvalue weighted by atomic mass is 16.4. The Morgan fingerprint density at radius 3 is 2.20 bits per heavy atom. The van der Waals surface area contributed by atoms with Crippen molar-refractivity contribution in [2.75, 3.05) is 0 Å². The number of nitrogens with one attached hydrogen (secondary N) is 3. The van der Waals surface area contributed by atoms with Crippen LogP contribution in [0, 0.1) is 0 Å². The maximum atomic E-state index is 13.1. The molecule has 0 saturated heterocycles. The number of carboxylic acid groups (broad SMARTS) is 2. The summed E-state index contributed by atoms with van der Waals surface area (Å²) < 4.78 is 0. The van der Waals surface area contributed by atoms with E-state index in [-0.39, 0.29) is 19.3 Å². The largest absolute Gasteiger partial charge is 0.481 e. The normalized spacial score (nSPS) is 13.5. The van der Waals surface area contributed by atoms with Crippen molar-refractivity contribution in [2.45, 2.75) is 43.8 Å². The summed E-state index contributed by atoms with van der Waals surface area (Å²) in [7, 11) is 0. The van der Waals surface area contributed by atoms with Crippen molar-refractivity contribution >= 4 is 34.7 Å². The number of rotatable bonds is 12. The van der Waals surface area contributed by atoms with E-state index < -0.39 is 48.3 Å². The van der Waals surface area contributed by atoms with Crippen LogP contribution < -0.4 is 16.4 Å². The minimum absolute atomic E-state index is 0.0743. The second-order valence-corrected chi connectivity index (χ2v) is 8.25. The fraction of sp³-hybridized carbons (Fsp3) is 0.280. The SMILES string of the molecule is NC(Cc1ccccc1)C(=O)NC(Cc1c[nH]c2ccccc12)C(=O)NC(CCC(=O)O)C(=O)O. The molecule has 10 heteroatoms. The van der Waals surface area contributed by atoms with Gasteiger partial charge in [-0.2, -0.15) is 0 Å². The molecule has 0 aliphatic carbocycles. The Hall–Kier alpha value is -4.18. The highest BCUT2D eigenvalue weighted by Gasteiger charge is 2.29. The first kappa shape index (κ1) is 25.4. The lowest BCUT2D eigenvalue weighted by atomic mass is 10.0. The maximum absolute atomic E-state index is 13.1. The quantitative estimate of drug-likeness (QED) is 0.226. The van der Waals surface area contributed by atoms with Crippen molar-refractivity contribution in [3.63, 3.8) is 0 Å². The molecule has 35 heavy (non-hydrogen) atoms. The van der Waals surface area contributed by atoms with Gasteiger partial charge in [0.25, 0.3) is 0 Å². The van der Waals surface area contributed by atoms with Crippen LogP contribution in [0.25, 0.3) is 10.9 Å². The van der Waals surface area contributed by atoms with Gasteiger partial charge >= 0.3 is 11.9 Å². The second kappa shape index (κ2) is 11.8. The predicted molar refractivity (Wildman–Crippen MR) is 128 cm³/mol. The lowest BCUT2D eigenvalue weighted by Crippen LogP contribution is -2.55. The first-order chi connectivity index (χ1) is 16.7. The van der Waals surface area contributed by atoms with Gasteiger partial charge in [-0.25, -0.2) is 4.79 Å². The van der Waals surface area contributed by atoms with Crippen LogP contribution in [0.3, 0.4) is 0 Å². The second-order valence-electron chi connectivity index (χ2n) is 8.25. The molecular formula is C25H28N4O6. The molecule has 3 aromatic rings. The Labute approximate surface area is 201 Å². The van der Waals surface area contributed by atoms with Crippen LogP contribution in [0.4, 0.5) is 0 Å². The van der Waals surface area contributed by atoms with Gasteiger partial charge in [0.2, 0.25) is 11.8 Å². The standard InChI is InChI=1S/C25H28N4O6/c26-18(12-15-6-2-1-3-7-15)23(32)29-21(13-16-14-27-19-9-5-4-8-17(16)19)24(33)28-20(25(34)35)10-11-22(30)31/h1-9,14,18,20-21,27H,10-13,26H2,(H,28,33)(H,29,32)(H,30,31)(H,34,35). The molecule has 3 unspecified atom stereocenters. The van der Waals surface area contributed by atoms with E-state index >= 15 is 0 Å². The van der Waals surface area contributed by atoms with Crippen molar-refractivity contribution < 1.29 is 29.4 Å². The Balaban J connectivity index is 1.78. The molecule has 10 nitrogen and oxygen atoms in total. The highest BCUT2D eigenvalue weighted by molar-refractivity contribution is 5.93. The average Bonchev–Trinajstić information content (AvgIpc) is 3.24. The van der Waals surface area contributed by atoms with Crippen molar-refractivity contribution in [1.82, 2.24) is 15.6 Å². The van der Waals surface area contributed by atoms with Gasteiger partial charge in [0.15, 0.2) is 0 Å². The molecule has 1 aromatic heterocycles. The van der Waals surface area contributed by atoms with Crippen LogP contribution in [-0.2, 0) is 32.0 Å². The summed E-state index contributed by atoms with van der Waals surface area (Å²) in [4.78, 5) is 51.5. The number of para-hydroxylation sites is 1. The third-order valence-electron chi connectivity index (χ3n) is 5.63. The smallest absolute Gasteiger partial charge is 0.326 e. The number of nitrogens with two attached hydrogens (primary N) is 1. The number of hydrogen-bond donors (Lipinski definition) is 6. The van der Waals surface area contributed by atoms with Gasteiger partial charge in [-0.1, -0.05) is 48.5 Å². The molecule has 2 aromatic carbocycles. The number of aliphatic carboxylic acids is 2. The fourth-order valence-corrected chi connectivity index (χ4v) is 3.77. The molecule has 2 amide bonds. The molecule has 0 aliphatic heterocycles. The number of carboxylic acids is 2. The predicted octanol–water partition coefficient (Wildman–Crippen LogP) is 1.20. The van der Waals surface area contributed by atoms with E-state index in [2.05, 4.69) is 15.6 Å². The van der Waals surface area contributed by atoms with Crippen LogP contribution in [0.2, 0.25) is 0 Å². The number of hydrogen-bond acceptors (Lipinski definition) is 5. The highest BCUT2D eigenvalue weighted by Crippen LogP contribution is 2.19. The van der Waals surface area contributed by atoms with Crippen molar-refractivity contribution in [3.8, 4) is 0 Å². The summed E-state index contributed by atoms with van der Waals surface area (Å²) >= 11 is 0. The molecule has 0 fully saturated rings. The van der Waals surface area contributed by atoms with E-state index in [0.29, 0.717) is 0 Å². The van der Waals surface area contributed by atoms with E-state index in [1.54, 1.807) is 6.20 Å². The van der Waals surface area contributed by atoms with Gasteiger partial charge in [0.05, 0.1) is 6.04 Å². The van der Waals surface area contributed by atoms with Gasteiger partial charge in [0.1, 0.15) is 12.1 Å². The Morgan fingerprint density at radius 1 is 0.857 bits per heavy atom. The van der Waals surface area contributed by atoms with E-state index in [1.165, 1.54) is 0 Å². The molecule has 3 atom stereocenters. The van der Waals surface area contributed by atoms with Gasteiger partial charge < -0.3 is 31.6 Å². The third kappa shape index (κ3) is 7.15. The third-order valence-corrected chi connectivity index (χ3v) is 5.63. The number of aromatic nitrogens is 1. The van der Waals surface area contributed by atoms with E-state index in [4.69, 9.17) is 10.8 Å². The van der Waals surface area contributed by atoms with Gasteiger partial charge in [-0.15, -0.1) is 0 Å². The average molecular weight is 481 g/mol. The molecule has 3 rings (SSSR count). The van der Waals surface area contributed by atoms with Crippen molar-refractivity contribution in [1.29, 1.82) is 0 Å². The number of carbonyl (C=O) groups excluding carboxylic acids is 2. The van der Waals surface area contributed by atoms with Gasteiger partial charge in [0, 0.05) is 29.9 Å². The zero-order valence-corrected chi connectivity index (χ0v) is 18.9. The molecule has 0 aliphatic rings. The summed E-state index contributed by atoms with van der Waals surface area (Å²) in [6.45, 7) is 0. The zero-order chi connectivity index (χ0) is 25.4. The first-order valence-corrected chi connectivity index (χ1v) is 11.1. The Kier molecular flexibility index (Phi) is 8.58. The lowest BCUT2D eigenvalue weighted by Gasteiger charge is -2.23. The number of fused-ring (bicyclic) bond motifs is 1.